The van der Waals surface area contributed by atoms with Crippen LogP contribution in [-0.4, -0.2) is 38.4 Å². The van der Waals surface area contributed by atoms with E-state index in [1.165, 1.54) is 6.92 Å². The third kappa shape index (κ3) is 3.55. The Balaban J connectivity index is 2.30. The first-order chi connectivity index (χ1) is 10.5. The maximum Gasteiger partial charge on any atom is 0.302 e. The molecule has 1 heterocycles. The first kappa shape index (κ1) is 15.8. The molecule has 118 valence electrons. The second-order valence-electron chi connectivity index (χ2n) is 4.81. The highest BCUT2D eigenvalue weighted by Crippen LogP contribution is 2.29. The van der Waals surface area contributed by atoms with Gasteiger partial charge in [0.2, 0.25) is 5.91 Å². The number of esters is 1. The van der Waals surface area contributed by atoms with E-state index in [0.717, 1.165) is 5.56 Å². The molecular weight excluding hydrogens is 288 g/mol. The molecule has 1 aromatic rings. The van der Waals surface area contributed by atoms with Crippen LogP contribution < -0.4 is 14.9 Å². The van der Waals surface area contributed by atoms with Crippen LogP contribution in [0.3, 0.4) is 0 Å². The van der Waals surface area contributed by atoms with E-state index in [0.29, 0.717) is 17.2 Å². The van der Waals surface area contributed by atoms with Gasteiger partial charge in [0.05, 0.1) is 19.9 Å². The molecule has 1 aliphatic rings. The summed E-state index contributed by atoms with van der Waals surface area (Å²) >= 11 is 0. The van der Waals surface area contributed by atoms with Crippen molar-refractivity contribution in [3.63, 3.8) is 0 Å². The fourth-order valence-corrected chi connectivity index (χ4v) is 2.23. The molecule has 7 heteroatoms. The molecule has 2 rings (SSSR count). The van der Waals surface area contributed by atoms with Crippen molar-refractivity contribution in [2.24, 2.45) is 11.0 Å². The van der Waals surface area contributed by atoms with Crippen molar-refractivity contribution in [2.75, 3.05) is 20.8 Å². The highest BCUT2D eigenvalue weighted by Gasteiger charge is 2.27. The van der Waals surface area contributed by atoms with Gasteiger partial charge in [0, 0.05) is 24.8 Å². The highest BCUT2D eigenvalue weighted by atomic mass is 16.5. The first-order valence-electron chi connectivity index (χ1n) is 6.77. The molecule has 0 spiro atoms. The largest absolute Gasteiger partial charge is 0.493 e. The van der Waals surface area contributed by atoms with E-state index in [9.17, 15) is 9.59 Å². The van der Waals surface area contributed by atoms with Gasteiger partial charge in [-0.05, 0) is 18.2 Å². The quantitative estimate of drug-likeness (QED) is 0.823. The third-order valence-electron chi connectivity index (χ3n) is 3.29. The van der Waals surface area contributed by atoms with Crippen molar-refractivity contribution in [1.82, 2.24) is 5.43 Å². The number of methoxy groups -OCH3 is 2. The molecule has 0 aliphatic carbocycles. The minimum atomic E-state index is -0.391. The summed E-state index contributed by atoms with van der Waals surface area (Å²) in [5.74, 6) is 0.267. The van der Waals surface area contributed by atoms with Gasteiger partial charge in [-0.15, -0.1) is 0 Å². The van der Waals surface area contributed by atoms with Crippen molar-refractivity contribution in [2.45, 2.75) is 13.3 Å². The molecule has 0 aromatic heterocycles. The number of amides is 1. The van der Waals surface area contributed by atoms with Crippen LogP contribution in [-0.2, 0) is 14.3 Å². The standard InChI is InChI=1S/C15H18N2O5/c1-9(18)22-8-11-7-14(19)16-17-15(11)10-4-5-12(20-2)13(6-10)21-3/h4-6,11H,7-8H2,1-3H3,(H,16,19). The fourth-order valence-electron chi connectivity index (χ4n) is 2.23. The van der Waals surface area contributed by atoms with Gasteiger partial charge < -0.3 is 14.2 Å². The molecule has 22 heavy (non-hydrogen) atoms. The Kier molecular flexibility index (Phi) is 4.98. The van der Waals surface area contributed by atoms with E-state index in [1.807, 2.05) is 6.07 Å². The monoisotopic (exact) mass is 306 g/mol. The molecule has 1 atom stereocenters. The second kappa shape index (κ2) is 6.93. The van der Waals surface area contributed by atoms with Crippen LogP contribution in [0.1, 0.15) is 18.9 Å². The minimum absolute atomic E-state index is 0.107. The highest BCUT2D eigenvalue weighted by molar-refractivity contribution is 6.06. The van der Waals surface area contributed by atoms with Crippen molar-refractivity contribution >= 4 is 17.6 Å². The number of rotatable bonds is 5. The van der Waals surface area contributed by atoms with Gasteiger partial charge in [0.25, 0.3) is 0 Å². The van der Waals surface area contributed by atoms with Crippen LogP contribution in [0, 0.1) is 5.92 Å². The van der Waals surface area contributed by atoms with Gasteiger partial charge >= 0.3 is 5.97 Å². The van der Waals surface area contributed by atoms with E-state index in [4.69, 9.17) is 14.2 Å². The van der Waals surface area contributed by atoms with E-state index in [2.05, 4.69) is 10.5 Å². The Morgan fingerprint density at radius 2 is 2.05 bits per heavy atom. The van der Waals surface area contributed by atoms with Gasteiger partial charge in [-0.1, -0.05) is 0 Å². The molecule has 7 nitrogen and oxygen atoms in total. The summed E-state index contributed by atoms with van der Waals surface area (Å²) in [6, 6.07) is 5.35. The predicted octanol–water partition coefficient (Wildman–Crippen LogP) is 1.11. The molecule has 0 saturated carbocycles. The van der Waals surface area contributed by atoms with E-state index < -0.39 is 5.97 Å². The summed E-state index contributed by atoms with van der Waals surface area (Å²) in [5, 5.41) is 4.10. The van der Waals surface area contributed by atoms with Gasteiger partial charge in [-0.2, -0.15) is 5.10 Å². The van der Waals surface area contributed by atoms with Crippen molar-refractivity contribution < 1.29 is 23.8 Å². The zero-order valence-corrected chi connectivity index (χ0v) is 12.7. The molecular formula is C15H18N2O5. The maximum atomic E-state index is 11.5. The topological polar surface area (TPSA) is 86.2 Å². The fraction of sp³-hybridized carbons (Fsp3) is 0.400. The van der Waals surface area contributed by atoms with E-state index in [1.54, 1.807) is 26.4 Å². The lowest BCUT2D eigenvalue weighted by atomic mass is 9.93. The molecule has 0 bridgehead atoms. The average Bonchev–Trinajstić information content (AvgIpc) is 2.52. The molecule has 0 fully saturated rings. The summed E-state index contributed by atoms with van der Waals surface area (Å²) in [4.78, 5) is 22.5. The molecule has 1 amide bonds. The Labute approximate surface area is 128 Å². The Morgan fingerprint density at radius 3 is 2.68 bits per heavy atom. The molecule has 1 aromatic carbocycles. The van der Waals surface area contributed by atoms with Crippen LogP contribution in [0.25, 0.3) is 0 Å². The van der Waals surface area contributed by atoms with Crippen LogP contribution >= 0.6 is 0 Å². The maximum absolute atomic E-state index is 11.5. The van der Waals surface area contributed by atoms with Crippen molar-refractivity contribution in [3.8, 4) is 11.5 Å². The molecule has 1 aliphatic heterocycles. The normalized spacial score (nSPS) is 17.3. The van der Waals surface area contributed by atoms with Gasteiger partial charge in [-0.3, -0.25) is 9.59 Å². The van der Waals surface area contributed by atoms with E-state index in [-0.39, 0.29) is 24.9 Å². The Bertz CT molecular complexity index is 612. The van der Waals surface area contributed by atoms with Gasteiger partial charge in [0.15, 0.2) is 11.5 Å². The summed E-state index contributed by atoms with van der Waals surface area (Å²) in [5.41, 5.74) is 3.86. The predicted molar refractivity (Wildman–Crippen MR) is 79.0 cm³/mol. The second-order valence-corrected chi connectivity index (χ2v) is 4.81. The number of nitrogens with zero attached hydrogens (tertiary/aromatic N) is 1. The van der Waals surface area contributed by atoms with Crippen LogP contribution in [0.2, 0.25) is 0 Å². The lowest BCUT2D eigenvalue weighted by molar-refractivity contribution is -0.142. The SMILES string of the molecule is COc1ccc(C2=NNC(=O)CC2COC(C)=O)cc1OC. The number of carbonyl (C=O) groups excluding carboxylic acids is 2. The average molecular weight is 306 g/mol. The number of ether oxygens (including phenoxy) is 3. The zero-order valence-electron chi connectivity index (χ0n) is 12.7. The Hall–Kier alpha value is -2.57. The molecule has 0 radical (unpaired) electrons. The number of hydrazone groups is 1. The van der Waals surface area contributed by atoms with Gasteiger partial charge in [0.1, 0.15) is 6.61 Å². The lowest BCUT2D eigenvalue weighted by Gasteiger charge is -2.23. The number of nitrogens with one attached hydrogen (secondary N) is 1. The molecule has 0 saturated heterocycles. The number of carbonyl (C=O) groups is 2. The summed E-state index contributed by atoms with van der Waals surface area (Å²) in [7, 11) is 3.10. The summed E-state index contributed by atoms with van der Waals surface area (Å²) < 4.78 is 15.5. The van der Waals surface area contributed by atoms with Crippen LogP contribution in [0.15, 0.2) is 23.3 Å². The molecule has 1 unspecified atom stereocenters. The first-order valence-corrected chi connectivity index (χ1v) is 6.77. The Morgan fingerprint density at radius 1 is 1.32 bits per heavy atom. The van der Waals surface area contributed by atoms with Gasteiger partial charge in [-0.25, -0.2) is 5.43 Å². The summed E-state index contributed by atoms with van der Waals surface area (Å²) in [6.07, 6.45) is 0.209. The number of benzene rings is 1. The smallest absolute Gasteiger partial charge is 0.302 e. The number of hydrogen-bond donors (Lipinski definition) is 1. The van der Waals surface area contributed by atoms with Crippen LogP contribution in [0.5, 0.6) is 11.5 Å². The summed E-state index contributed by atoms with van der Waals surface area (Å²) in [6.45, 7) is 1.44. The molecule has 1 N–H and O–H groups in total. The third-order valence-corrected chi connectivity index (χ3v) is 3.29. The van der Waals surface area contributed by atoms with Crippen molar-refractivity contribution in [1.29, 1.82) is 0 Å². The van der Waals surface area contributed by atoms with E-state index >= 15 is 0 Å². The lowest BCUT2D eigenvalue weighted by Crippen LogP contribution is -2.36. The number of hydrogen-bond acceptors (Lipinski definition) is 6. The van der Waals surface area contributed by atoms with Crippen molar-refractivity contribution in [3.05, 3.63) is 23.8 Å². The minimum Gasteiger partial charge on any atom is -0.493 e. The van der Waals surface area contributed by atoms with Crippen LogP contribution in [0.4, 0.5) is 0 Å². The zero-order chi connectivity index (χ0) is 16.1.